The van der Waals surface area contributed by atoms with E-state index in [1.807, 2.05) is 25.1 Å². The highest BCUT2D eigenvalue weighted by molar-refractivity contribution is 5.59. The summed E-state index contributed by atoms with van der Waals surface area (Å²) >= 11 is 0. The van der Waals surface area contributed by atoms with Crippen LogP contribution in [0.5, 0.6) is 5.75 Å². The van der Waals surface area contributed by atoms with E-state index in [-0.39, 0.29) is 12.6 Å². The van der Waals surface area contributed by atoms with Crippen molar-refractivity contribution in [3.63, 3.8) is 0 Å². The minimum atomic E-state index is 0.177. The van der Waals surface area contributed by atoms with Crippen LogP contribution in [0, 0.1) is 5.92 Å². The maximum atomic E-state index is 9.07. The number of ether oxygens (including phenoxy) is 1. The third-order valence-corrected chi connectivity index (χ3v) is 2.84. The van der Waals surface area contributed by atoms with Crippen LogP contribution in [-0.4, -0.2) is 24.4 Å². The third kappa shape index (κ3) is 4.45. The lowest BCUT2D eigenvalue weighted by atomic mass is 10.0. The third-order valence-electron chi connectivity index (χ3n) is 2.84. The fraction of sp³-hybridized carbons (Fsp3) is 0.571. The molecule has 0 fully saturated rings. The SMILES string of the molecule is CCOc1cc(N)cc(NC(CCO)C(C)C)c1. The molecule has 0 aliphatic rings. The second-order valence-electron chi connectivity index (χ2n) is 4.73. The van der Waals surface area contributed by atoms with Gasteiger partial charge in [0.2, 0.25) is 0 Å². The highest BCUT2D eigenvalue weighted by atomic mass is 16.5. The van der Waals surface area contributed by atoms with Gasteiger partial charge in [-0.1, -0.05) is 13.8 Å². The van der Waals surface area contributed by atoms with Crippen LogP contribution in [0.15, 0.2) is 18.2 Å². The van der Waals surface area contributed by atoms with Gasteiger partial charge in [0.15, 0.2) is 0 Å². The molecule has 1 aromatic rings. The first-order valence-electron chi connectivity index (χ1n) is 6.47. The lowest BCUT2D eigenvalue weighted by Crippen LogP contribution is -2.26. The number of hydrogen-bond acceptors (Lipinski definition) is 4. The number of benzene rings is 1. The standard InChI is InChI=1S/C14H24N2O2/c1-4-18-13-8-11(15)7-12(9-13)16-14(5-6-17)10(2)3/h7-10,14,16-17H,4-6,15H2,1-3H3. The Morgan fingerprint density at radius 3 is 2.61 bits per heavy atom. The molecular weight excluding hydrogens is 228 g/mol. The Bertz CT molecular complexity index is 367. The number of nitrogens with one attached hydrogen (secondary N) is 1. The summed E-state index contributed by atoms with van der Waals surface area (Å²) in [5.74, 6) is 1.21. The van der Waals surface area contributed by atoms with Gasteiger partial charge in [-0.15, -0.1) is 0 Å². The van der Waals surface area contributed by atoms with E-state index in [1.54, 1.807) is 0 Å². The Balaban J connectivity index is 2.81. The fourth-order valence-electron chi connectivity index (χ4n) is 1.88. The van der Waals surface area contributed by atoms with Gasteiger partial charge in [0.1, 0.15) is 5.75 Å². The zero-order valence-corrected chi connectivity index (χ0v) is 11.4. The molecular formula is C14H24N2O2. The Labute approximate surface area is 109 Å². The highest BCUT2D eigenvalue weighted by Crippen LogP contribution is 2.24. The molecule has 1 rings (SSSR count). The summed E-state index contributed by atoms with van der Waals surface area (Å²) in [4.78, 5) is 0. The molecule has 0 spiro atoms. The van der Waals surface area contributed by atoms with E-state index in [1.165, 1.54) is 0 Å². The number of nitrogens with two attached hydrogens (primary N) is 1. The molecule has 4 nitrogen and oxygen atoms in total. The van der Waals surface area contributed by atoms with E-state index in [0.29, 0.717) is 18.2 Å². The van der Waals surface area contributed by atoms with Crippen LogP contribution in [0.25, 0.3) is 0 Å². The molecule has 1 unspecified atom stereocenters. The smallest absolute Gasteiger partial charge is 0.123 e. The normalized spacial score (nSPS) is 12.5. The quantitative estimate of drug-likeness (QED) is 0.652. The molecule has 0 heterocycles. The summed E-state index contributed by atoms with van der Waals surface area (Å²) in [6.45, 7) is 6.99. The van der Waals surface area contributed by atoms with Crippen LogP contribution in [0.2, 0.25) is 0 Å². The lowest BCUT2D eigenvalue weighted by Gasteiger charge is -2.23. The van der Waals surface area contributed by atoms with Crippen molar-refractivity contribution in [2.45, 2.75) is 33.2 Å². The maximum absolute atomic E-state index is 9.07. The molecule has 0 aliphatic carbocycles. The van der Waals surface area contributed by atoms with Gasteiger partial charge in [0.25, 0.3) is 0 Å². The van der Waals surface area contributed by atoms with Gasteiger partial charge < -0.3 is 20.9 Å². The van der Waals surface area contributed by atoms with Crippen molar-refractivity contribution in [3.8, 4) is 5.75 Å². The van der Waals surface area contributed by atoms with Crippen molar-refractivity contribution in [3.05, 3.63) is 18.2 Å². The summed E-state index contributed by atoms with van der Waals surface area (Å²) in [7, 11) is 0. The average molecular weight is 252 g/mol. The van der Waals surface area contributed by atoms with Crippen LogP contribution in [0.3, 0.4) is 0 Å². The average Bonchev–Trinajstić information content (AvgIpc) is 2.28. The molecule has 0 saturated heterocycles. The van der Waals surface area contributed by atoms with Crippen LogP contribution < -0.4 is 15.8 Å². The Morgan fingerprint density at radius 2 is 2.06 bits per heavy atom. The topological polar surface area (TPSA) is 67.5 Å². The summed E-state index contributed by atoms with van der Waals surface area (Å²) < 4.78 is 5.46. The zero-order chi connectivity index (χ0) is 13.5. The predicted molar refractivity (Wildman–Crippen MR) is 76.0 cm³/mol. The van der Waals surface area contributed by atoms with Gasteiger partial charge in [-0.3, -0.25) is 0 Å². The molecule has 0 aliphatic heterocycles. The van der Waals surface area contributed by atoms with E-state index in [9.17, 15) is 0 Å². The van der Waals surface area contributed by atoms with Gasteiger partial charge in [0.05, 0.1) is 6.61 Å². The summed E-state index contributed by atoms with van der Waals surface area (Å²) in [5, 5.41) is 12.5. The minimum absolute atomic E-state index is 0.177. The number of rotatable bonds is 7. The van der Waals surface area contributed by atoms with Crippen molar-refractivity contribution in [2.75, 3.05) is 24.3 Å². The first kappa shape index (κ1) is 14.6. The highest BCUT2D eigenvalue weighted by Gasteiger charge is 2.13. The number of hydrogen-bond donors (Lipinski definition) is 3. The molecule has 0 saturated carbocycles. The Morgan fingerprint density at radius 1 is 1.33 bits per heavy atom. The molecule has 1 aromatic carbocycles. The molecule has 4 N–H and O–H groups in total. The van der Waals surface area contributed by atoms with Crippen LogP contribution >= 0.6 is 0 Å². The van der Waals surface area contributed by atoms with Crippen molar-refractivity contribution in [1.29, 1.82) is 0 Å². The maximum Gasteiger partial charge on any atom is 0.123 e. The van der Waals surface area contributed by atoms with Gasteiger partial charge >= 0.3 is 0 Å². The van der Waals surface area contributed by atoms with Crippen molar-refractivity contribution in [1.82, 2.24) is 0 Å². The van der Waals surface area contributed by atoms with Crippen molar-refractivity contribution in [2.24, 2.45) is 5.92 Å². The van der Waals surface area contributed by atoms with Gasteiger partial charge in [-0.2, -0.15) is 0 Å². The minimum Gasteiger partial charge on any atom is -0.494 e. The number of anilines is 2. The van der Waals surface area contributed by atoms with E-state index in [0.717, 1.165) is 17.9 Å². The zero-order valence-electron chi connectivity index (χ0n) is 11.4. The molecule has 18 heavy (non-hydrogen) atoms. The summed E-state index contributed by atoms with van der Waals surface area (Å²) in [6, 6.07) is 5.86. The molecule has 1 atom stereocenters. The van der Waals surface area contributed by atoms with Gasteiger partial charge in [0, 0.05) is 36.2 Å². The van der Waals surface area contributed by atoms with Gasteiger partial charge in [-0.25, -0.2) is 0 Å². The second-order valence-corrected chi connectivity index (χ2v) is 4.73. The monoisotopic (exact) mass is 252 g/mol. The second kappa shape index (κ2) is 7.11. The molecule has 102 valence electrons. The molecule has 0 radical (unpaired) electrons. The summed E-state index contributed by atoms with van der Waals surface area (Å²) in [6.07, 6.45) is 0.719. The van der Waals surface area contributed by atoms with Gasteiger partial charge in [-0.05, 0) is 25.3 Å². The van der Waals surface area contributed by atoms with Crippen LogP contribution in [0.4, 0.5) is 11.4 Å². The van der Waals surface area contributed by atoms with Crippen LogP contribution in [-0.2, 0) is 0 Å². The molecule has 0 aromatic heterocycles. The number of aliphatic hydroxyl groups excluding tert-OH is 1. The predicted octanol–water partition coefficient (Wildman–Crippen LogP) is 2.49. The molecule has 4 heteroatoms. The van der Waals surface area contributed by atoms with E-state index >= 15 is 0 Å². The van der Waals surface area contributed by atoms with E-state index < -0.39 is 0 Å². The first-order valence-corrected chi connectivity index (χ1v) is 6.47. The van der Waals surface area contributed by atoms with E-state index in [2.05, 4.69) is 19.2 Å². The van der Waals surface area contributed by atoms with Crippen molar-refractivity contribution >= 4 is 11.4 Å². The Kier molecular flexibility index (Phi) is 5.78. The van der Waals surface area contributed by atoms with Crippen LogP contribution in [0.1, 0.15) is 27.2 Å². The number of nitrogen functional groups attached to an aromatic ring is 1. The van der Waals surface area contributed by atoms with Crippen molar-refractivity contribution < 1.29 is 9.84 Å². The van der Waals surface area contributed by atoms with E-state index in [4.69, 9.17) is 15.6 Å². The Hall–Kier alpha value is -1.42. The number of aliphatic hydroxyl groups is 1. The fourth-order valence-corrected chi connectivity index (χ4v) is 1.88. The summed E-state index contributed by atoms with van der Waals surface area (Å²) in [5.41, 5.74) is 7.46. The first-order chi connectivity index (χ1) is 8.56. The molecule has 0 bridgehead atoms. The largest absolute Gasteiger partial charge is 0.494 e. The molecule has 0 amide bonds. The lowest BCUT2D eigenvalue weighted by molar-refractivity contribution is 0.267.